The van der Waals surface area contributed by atoms with E-state index in [2.05, 4.69) is 25.3 Å². The first-order valence-electron chi connectivity index (χ1n) is 10.2. The fraction of sp³-hybridized carbons (Fsp3) is 0.364. The summed E-state index contributed by atoms with van der Waals surface area (Å²) >= 11 is 0. The first kappa shape index (κ1) is 21.3. The Morgan fingerprint density at radius 2 is 1.71 bits per heavy atom. The summed E-state index contributed by atoms with van der Waals surface area (Å²) in [5.74, 6) is 0.924. The largest absolute Gasteiger partial charge is 0.307 e. The number of hydrogen-bond donors (Lipinski definition) is 1. The number of aromatic nitrogens is 4. The van der Waals surface area contributed by atoms with Gasteiger partial charge in [0, 0.05) is 17.9 Å². The zero-order chi connectivity index (χ0) is 22.2. The number of sulfonamides is 1. The second-order valence-electron chi connectivity index (χ2n) is 7.95. The molecule has 162 valence electrons. The van der Waals surface area contributed by atoms with Crippen LogP contribution in [0.3, 0.4) is 0 Å². The van der Waals surface area contributed by atoms with E-state index in [1.807, 2.05) is 39.8 Å². The van der Waals surface area contributed by atoms with Crippen molar-refractivity contribution in [3.8, 4) is 0 Å². The van der Waals surface area contributed by atoms with Gasteiger partial charge in [0.2, 0.25) is 16.0 Å². The first-order chi connectivity index (χ1) is 14.7. The molecule has 1 aliphatic rings. The maximum Gasteiger partial charge on any atom is 0.243 e. The normalized spacial score (nSPS) is 17.1. The van der Waals surface area contributed by atoms with E-state index in [1.165, 1.54) is 4.31 Å². The molecule has 2 aromatic heterocycles. The highest BCUT2D eigenvalue weighted by molar-refractivity contribution is 7.89. The number of rotatable bonds is 5. The van der Waals surface area contributed by atoms with Gasteiger partial charge in [0.25, 0.3) is 0 Å². The highest BCUT2D eigenvalue weighted by Gasteiger charge is 2.37. The van der Waals surface area contributed by atoms with E-state index in [9.17, 15) is 8.42 Å². The molecule has 0 spiro atoms. The average Bonchev–Trinajstić information content (AvgIpc) is 3.20. The zero-order valence-corrected chi connectivity index (χ0v) is 18.9. The molecule has 1 atom stereocenters. The Bertz CT molecular complexity index is 1210. The van der Waals surface area contributed by atoms with Crippen LogP contribution in [0, 0.1) is 27.7 Å². The molecule has 0 aliphatic carbocycles. The third kappa shape index (κ3) is 4.42. The van der Waals surface area contributed by atoms with Gasteiger partial charge in [-0.25, -0.2) is 23.4 Å². The Kier molecular flexibility index (Phi) is 5.72. The van der Waals surface area contributed by atoms with E-state index < -0.39 is 10.0 Å². The predicted molar refractivity (Wildman–Crippen MR) is 119 cm³/mol. The SMILES string of the molecule is Cc1cc(C)nc(Nc2cncc(C3CCCN3S(=O)(=O)c3ccc(C)c(C)c3)n2)n1. The van der Waals surface area contributed by atoms with Gasteiger partial charge in [0.15, 0.2) is 5.82 Å². The molecule has 0 radical (unpaired) electrons. The fourth-order valence-electron chi connectivity index (χ4n) is 3.83. The van der Waals surface area contributed by atoms with Crippen molar-refractivity contribution in [1.29, 1.82) is 0 Å². The summed E-state index contributed by atoms with van der Waals surface area (Å²) in [7, 11) is -3.64. The van der Waals surface area contributed by atoms with Crippen LogP contribution in [-0.2, 0) is 10.0 Å². The van der Waals surface area contributed by atoms with Crippen molar-refractivity contribution in [2.75, 3.05) is 11.9 Å². The molecule has 0 amide bonds. The third-order valence-electron chi connectivity index (χ3n) is 5.51. The van der Waals surface area contributed by atoms with Crippen molar-refractivity contribution in [3.63, 3.8) is 0 Å². The van der Waals surface area contributed by atoms with Gasteiger partial charge in [-0.05, 0) is 69.9 Å². The van der Waals surface area contributed by atoms with Gasteiger partial charge in [-0.15, -0.1) is 0 Å². The third-order valence-corrected chi connectivity index (χ3v) is 7.41. The minimum absolute atomic E-state index is 0.313. The van der Waals surface area contributed by atoms with Crippen molar-refractivity contribution in [2.45, 2.75) is 51.5 Å². The summed E-state index contributed by atoms with van der Waals surface area (Å²) in [6, 6.07) is 6.79. The molecule has 1 fully saturated rings. The van der Waals surface area contributed by atoms with Crippen molar-refractivity contribution >= 4 is 21.8 Å². The first-order valence-corrected chi connectivity index (χ1v) is 11.7. The van der Waals surface area contributed by atoms with Crippen molar-refractivity contribution in [1.82, 2.24) is 24.2 Å². The predicted octanol–water partition coefficient (Wildman–Crippen LogP) is 3.77. The number of hydrogen-bond acceptors (Lipinski definition) is 7. The van der Waals surface area contributed by atoms with E-state index >= 15 is 0 Å². The molecule has 3 heterocycles. The Balaban J connectivity index is 1.63. The molecule has 0 bridgehead atoms. The molecule has 8 nitrogen and oxygen atoms in total. The lowest BCUT2D eigenvalue weighted by Gasteiger charge is -2.24. The summed E-state index contributed by atoms with van der Waals surface area (Å²) in [4.78, 5) is 18.0. The fourth-order valence-corrected chi connectivity index (χ4v) is 5.59. The van der Waals surface area contributed by atoms with Gasteiger partial charge in [0.05, 0.1) is 29.0 Å². The minimum atomic E-state index is -3.64. The molecule has 1 unspecified atom stereocenters. The maximum absolute atomic E-state index is 13.4. The van der Waals surface area contributed by atoms with Gasteiger partial charge in [-0.3, -0.25) is 4.98 Å². The van der Waals surface area contributed by atoms with E-state index in [0.717, 1.165) is 28.9 Å². The number of benzene rings is 1. The van der Waals surface area contributed by atoms with E-state index in [4.69, 9.17) is 0 Å². The lowest BCUT2D eigenvalue weighted by atomic mass is 10.1. The quantitative estimate of drug-likeness (QED) is 0.647. The van der Waals surface area contributed by atoms with Crippen LogP contribution in [0.4, 0.5) is 11.8 Å². The van der Waals surface area contributed by atoms with E-state index in [1.54, 1.807) is 24.5 Å². The molecule has 4 rings (SSSR count). The van der Waals surface area contributed by atoms with Gasteiger partial charge in [0.1, 0.15) is 0 Å². The Hall–Kier alpha value is -2.91. The standard InChI is InChI=1S/C22H26N6O2S/c1-14-7-8-18(10-15(14)2)31(29,30)28-9-5-6-20(28)19-12-23-13-21(26-19)27-22-24-16(3)11-17(4)25-22/h7-8,10-13,20H,5-6,9H2,1-4H3,(H,24,25,26,27). The highest BCUT2D eigenvalue weighted by atomic mass is 32.2. The minimum Gasteiger partial charge on any atom is -0.307 e. The monoisotopic (exact) mass is 438 g/mol. The number of anilines is 2. The number of aryl methyl sites for hydroxylation is 4. The molecule has 1 saturated heterocycles. The molecule has 9 heteroatoms. The Morgan fingerprint density at radius 3 is 2.42 bits per heavy atom. The lowest BCUT2D eigenvalue weighted by molar-refractivity contribution is 0.390. The smallest absolute Gasteiger partial charge is 0.243 e. The number of nitrogens with one attached hydrogen (secondary N) is 1. The summed E-state index contributed by atoms with van der Waals surface area (Å²) in [6.07, 6.45) is 4.69. The summed E-state index contributed by atoms with van der Waals surface area (Å²) in [6.45, 7) is 8.15. The van der Waals surface area contributed by atoms with Crippen LogP contribution in [0.25, 0.3) is 0 Å². The van der Waals surface area contributed by atoms with Crippen molar-refractivity contribution < 1.29 is 8.42 Å². The van der Waals surface area contributed by atoms with Crippen LogP contribution < -0.4 is 5.32 Å². The maximum atomic E-state index is 13.4. The van der Waals surface area contributed by atoms with Crippen LogP contribution >= 0.6 is 0 Å². The van der Waals surface area contributed by atoms with Crippen molar-refractivity contribution in [2.24, 2.45) is 0 Å². The molecule has 31 heavy (non-hydrogen) atoms. The molecular formula is C22H26N6O2S. The van der Waals surface area contributed by atoms with E-state index in [0.29, 0.717) is 35.3 Å². The molecule has 1 aliphatic heterocycles. The molecule has 0 saturated carbocycles. The van der Waals surface area contributed by atoms with Crippen LogP contribution in [-0.4, -0.2) is 39.2 Å². The highest BCUT2D eigenvalue weighted by Crippen LogP contribution is 2.36. The molecule has 1 aromatic carbocycles. The Morgan fingerprint density at radius 1 is 0.968 bits per heavy atom. The van der Waals surface area contributed by atoms with Gasteiger partial charge in [-0.1, -0.05) is 6.07 Å². The summed E-state index contributed by atoms with van der Waals surface area (Å²) in [5.41, 5.74) is 4.33. The average molecular weight is 439 g/mol. The number of nitrogens with zero attached hydrogens (tertiary/aromatic N) is 5. The van der Waals surface area contributed by atoms with E-state index in [-0.39, 0.29) is 6.04 Å². The topological polar surface area (TPSA) is 101 Å². The second-order valence-corrected chi connectivity index (χ2v) is 9.84. The summed E-state index contributed by atoms with van der Waals surface area (Å²) < 4.78 is 28.3. The van der Waals surface area contributed by atoms with Crippen LogP contribution in [0.1, 0.15) is 47.1 Å². The van der Waals surface area contributed by atoms with Gasteiger partial charge in [-0.2, -0.15) is 4.31 Å². The Labute approximate surface area is 182 Å². The lowest BCUT2D eigenvalue weighted by Crippen LogP contribution is -2.31. The van der Waals surface area contributed by atoms with Crippen LogP contribution in [0.2, 0.25) is 0 Å². The molecular weight excluding hydrogens is 412 g/mol. The van der Waals surface area contributed by atoms with Crippen LogP contribution in [0.5, 0.6) is 0 Å². The van der Waals surface area contributed by atoms with Crippen LogP contribution in [0.15, 0.2) is 41.6 Å². The molecule has 3 aromatic rings. The molecule has 1 N–H and O–H groups in total. The summed E-state index contributed by atoms with van der Waals surface area (Å²) in [5, 5.41) is 3.08. The van der Waals surface area contributed by atoms with Gasteiger partial charge >= 0.3 is 0 Å². The zero-order valence-electron chi connectivity index (χ0n) is 18.1. The van der Waals surface area contributed by atoms with Crippen molar-refractivity contribution in [3.05, 3.63) is 64.9 Å². The van der Waals surface area contributed by atoms with Gasteiger partial charge < -0.3 is 5.32 Å². The second kappa shape index (κ2) is 8.32.